The second-order valence-electron chi connectivity index (χ2n) is 6.56. The molecule has 0 aliphatic heterocycles. The zero-order valence-electron chi connectivity index (χ0n) is 15.6. The van der Waals surface area contributed by atoms with Gasteiger partial charge in [-0.15, -0.1) is 12.4 Å². The lowest BCUT2D eigenvalue weighted by Crippen LogP contribution is -2.16. The maximum Gasteiger partial charge on any atom is 0.126 e. The van der Waals surface area contributed by atoms with Gasteiger partial charge in [0.15, 0.2) is 0 Å². The fraction of sp³-hybridized carbons (Fsp3) is 0.227. The van der Waals surface area contributed by atoms with E-state index in [2.05, 4.69) is 53.6 Å². The van der Waals surface area contributed by atoms with Gasteiger partial charge in [-0.05, 0) is 72.8 Å². The van der Waals surface area contributed by atoms with Gasteiger partial charge in [-0.2, -0.15) is 0 Å². The summed E-state index contributed by atoms with van der Waals surface area (Å²) in [4.78, 5) is 4.31. The molecule has 1 aromatic heterocycles. The van der Waals surface area contributed by atoms with E-state index in [9.17, 15) is 0 Å². The molecule has 27 heavy (non-hydrogen) atoms. The summed E-state index contributed by atoms with van der Waals surface area (Å²) in [5, 5.41) is 4.29. The number of rotatable bonds is 6. The van der Waals surface area contributed by atoms with E-state index < -0.39 is 0 Å². The summed E-state index contributed by atoms with van der Waals surface area (Å²) in [6, 6.07) is 16.6. The van der Waals surface area contributed by atoms with E-state index in [1.54, 1.807) is 0 Å². The zero-order chi connectivity index (χ0) is 18.5. The summed E-state index contributed by atoms with van der Waals surface area (Å²) < 4.78 is 0. The lowest BCUT2D eigenvalue weighted by Gasteiger charge is -2.12. The van der Waals surface area contributed by atoms with Gasteiger partial charge in [0.2, 0.25) is 0 Å². The van der Waals surface area contributed by atoms with Crippen molar-refractivity contribution in [1.82, 2.24) is 10.3 Å². The van der Waals surface area contributed by atoms with Crippen LogP contribution in [0.4, 0.5) is 5.82 Å². The van der Waals surface area contributed by atoms with Gasteiger partial charge in [-0.1, -0.05) is 41.9 Å². The molecule has 0 radical (unpaired) electrons. The Kier molecular flexibility index (Phi) is 7.66. The molecule has 142 valence electrons. The number of aromatic nitrogens is 1. The number of nitrogens with one attached hydrogen (secondary N) is 1. The Morgan fingerprint density at radius 2 is 1.74 bits per heavy atom. The summed E-state index contributed by atoms with van der Waals surface area (Å²) >= 11 is 5.92. The fourth-order valence-corrected chi connectivity index (χ4v) is 3.10. The van der Waals surface area contributed by atoms with Crippen LogP contribution in [0.15, 0.2) is 54.7 Å². The van der Waals surface area contributed by atoms with E-state index in [0.29, 0.717) is 5.82 Å². The zero-order valence-corrected chi connectivity index (χ0v) is 17.2. The van der Waals surface area contributed by atoms with Gasteiger partial charge in [0.25, 0.3) is 0 Å². The standard InChI is InChI=1S/C22H24ClN3.ClH/c1-15-16(2)22(24)26-14-21(15)19-5-3-4-18(12-19)13-25-11-10-17-6-8-20(23)9-7-17;/h3-9,12,14,25H,10-11,13H2,1-2H3,(H2,24,26);1H. The average molecular weight is 402 g/mol. The van der Waals surface area contributed by atoms with E-state index >= 15 is 0 Å². The van der Waals surface area contributed by atoms with Crippen molar-refractivity contribution in [2.24, 2.45) is 0 Å². The van der Waals surface area contributed by atoms with Gasteiger partial charge in [0, 0.05) is 23.3 Å². The smallest absolute Gasteiger partial charge is 0.126 e. The predicted molar refractivity (Wildman–Crippen MR) is 118 cm³/mol. The van der Waals surface area contributed by atoms with E-state index in [4.69, 9.17) is 17.3 Å². The van der Waals surface area contributed by atoms with Crippen molar-refractivity contribution in [3.63, 3.8) is 0 Å². The Balaban J connectivity index is 0.00000261. The lowest BCUT2D eigenvalue weighted by atomic mass is 9.98. The average Bonchev–Trinajstić information content (AvgIpc) is 2.65. The number of anilines is 1. The molecular weight excluding hydrogens is 377 g/mol. The molecule has 0 fully saturated rings. The molecule has 1 heterocycles. The van der Waals surface area contributed by atoms with Crippen molar-refractivity contribution in [1.29, 1.82) is 0 Å². The van der Waals surface area contributed by atoms with Crippen LogP contribution < -0.4 is 11.1 Å². The third-order valence-electron chi connectivity index (χ3n) is 4.75. The van der Waals surface area contributed by atoms with Gasteiger partial charge in [-0.25, -0.2) is 4.98 Å². The van der Waals surface area contributed by atoms with Gasteiger partial charge < -0.3 is 11.1 Å². The SMILES string of the molecule is Cc1c(-c2cccc(CNCCc3ccc(Cl)cc3)c2)cnc(N)c1C.Cl. The van der Waals surface area contributed by atoms with E-state index in [-0.39, 0.29) is 12.4 Å². The van der Waals surface area contributed by atoms with Gasteiger partial charge in [0.1, 0.15) is 5.82 Å². The molecule has 0 unspecified atom stereocenters. The van der Waals surface area contributed by atoms with Crippen LogP contribution in [0.5, 0.6) is 0 Å². The van der Waals surface area contributed by atoms with Gasteiger partial charge in [-0.3, -0.25) is 0 Å². The lowest BCUT2D eigenvalue weighted by molar-refractivity contribution is 0.687. The number of hydrogen-bond acceptors (Lipinski definition) is 3. The fourth-order valence-electron chi connectivity index (χ4n) is 2.98. The van der Waals surface area contributed by atoms with Crippen molar-refractivity contribution in [3.05, 3.63) is 82.0 Å². The number of hydrogen-bond donors (Lipinski definition) is 2. The molecule has 5 heteroatoms. The van der Waals surface area contributed by atoms with Crippen LogP contribution in [0, 0.1) is 13.8 Å². The Labute approximate surface area is 172 Å². The number of benzene rings is 2. The Bertz CT molecular complexity index is 893. The molecule has 3 N–H and O–H groups in total. The summed E-state index contributed by atoms with van der Waals surface area (Å²) in [5.41, 5.74) is 13.0. The number of halogens is 2. The molecule has 0 saturated heterocycles. The quantitative estimate of drug-likeness (QED) is 0.546. The molecule has 0 amide bonds. The monoisotopic (exact) mass is 401 g/mol. The number of nitrogens with zero attached hydrogens (tertiary/aromatic N) is 1. The van der Waals surface area contributed by atoms with Crippen molar-refractivity contribution in [3.8, 4) is 11.1 Å². The summed E-state index contributed by atoms with van der Waals surface area (Å²) in [6.07, 6.45) is 2.85. The first-order valence-electron chi connectivity index (χ1n) is 8.81. The second-order valence-corrected chi connectivity index (χ2v) is 7.00. The van der Waals surface area contributed by atoms with Crippen LogP contribution in [-0.2, 0) is 13.0 Å². The van der Waals surface area contributed by atoms with E-state index in [1.807, 2.05) is 25.3 Å². The highest BCUT2D eigenvalue weighted by Crippen LogP contribution is 2.27. The first-order valence-corrected chi connectivity index (χ1v) is 9.18. The van der Waals surface area contributed by atoms with Crippen LogP contribution in [-0.4, -0.2) is 11.5 Å². The maximum absolute atomic E-state index is 5.92. The largest absolute Gasteiger partial charge is 0.383 e. The minimum absolute atomic E-state index is 0. The topological polar surface area (TPSA) is 50.9 Å². The third-order valence-corrected chi connectivity index (χ3v) is 5.01. The van der Waals surface area contributed by atoms with Crippen molar-refractivity contribution < 1.29 is 0 Å². The molecule has 3 aromatic rings. The Morgan fingerprint density at radius 3 is 2.48 bits per heavy atom. The van der Waals surface area contributed by atoms with Gasteiger partial charge >= 0.3 is 0 Å². The van der Waals surface area contributed by atoms with Gasteiger partial charge in [0.05, 0.1) is 0 Å². The Morgan fingerprint density at radius 1 is 1.00 bits per heavy atom. The second kappa shape index (κ2) is 9.75. The number of pyridine rings is 1. The highest BCUT2D eigenvalue weighted by atomic mass is 35.5. The van der Waals surface area contributed by atoms with Crippen LogP contribution in [0.3, 0.4) is 0 Å². The molecule has 3 nitrogen and oxygen atoms in total. The normalized spacial score (nSPS) is 10.5. The van der Waals surface area contributed by atoms with E-state index in [1.165, 1.54) is 22.3 Å². The van der Waals surface area contributed by atoms with Crippen LogP contribution in [0.1, 0.15) is 22.3 Å². The molecule has 0 saturated carbocycles. The maximum atomic E-state index is 5.92. The molecule has 3 rings (SSSR count). The third kappa shape index (κ3) is 5.46. The van der Waals surface area contributed by atoms with Crippen molar-refractivity contribution in [2.45, 2.75) is 26.8 Å². The molecule has 0 spiro atoms. The molecule has 0 bridgehead atoms. The summed E-state index contributed by atoms with van der Waals surface area (Å²) in [6.45, 7) is 5.87. The highest BCUT2D eigenvalue weighted by molar-refractivity contribution is 6.30. The Hall–Kier alpha value is -2.07. The number of nitrogens with two attached hydrogens (primary N) is 1. The molecule has 2 aromatic carbocycles. The molecule has 0 aliphatic carbocycles. The summed E-state index contributed by atoms with van der Waals surface area (Å²) in [5.74, 6) is 0.603. The van der Waals surface area contributed by atoms with Crippen molar-refractivity contribution >= 4 is 29.8 Å². The predicted octanol–water partition coefficient (Wildman–Crippen LogP) is 5.36. The minimum atomic E-state index is 0. The molecule has 0 atom stereocenters. The van der Waals surface area contributed by atoms with Crippen LogP contribution in [0.25, 0.3) is 11.1 Å². The van der Waals surface area contributed by atoms with Crippen LogP contribution in [0.2, 0.25) is 5.02 Å². The summed E-state index contributed by atoms with van der Waals surface area (Å²) in [7, 11) is 0. The van der Waals surface area contributed by atoms with Crippen molar-refractivity contribution in [2.75, 3.05) is 12.3 Å². The van der Waals surface area contributed by atoms with Crippen LogP contribution >= 0.6 is 24.0 Å². The first kappa shape index (κ1) is 21.2. The highest BCUT2D eigenvalue weighted by Gasteiger charge is 2.08. The molecule has 0 aliphatic rings. The first-order chi connectivity index (χ1) is 12.5. The minimum Gasteiger partial charge on any atom is -0.383 e. The van der Waals surface area contributed by atoms with E-state index in [0.717, 1.165) is 35.7 Å². The number of nitrogen functional groups attached to an aromatic ring is 1. The molecular formula is C22H25Cl2N3.